The van der Waals surface area contributed by atoms with Crippen LogP contribution in [0.25, 0.3) is 0 Å². The second kappa shape index (κ2) is 10.8. The number of hydrogen-bond donors (Lipinski definition) is 0. The number of benzene rings is 1. The maximum absolute atomic E-state index is 11.2. The van der Waals surface area contributed by atoms with Crippen molar-refractivity contribution in [2.24, 2.45) is 4.74 Å². The Morgan fingerprint density at radius 2 is 1.52 bits per heavy atom. The van der Waals surface area contributed by atoms with Gasteiger partial charge in [-0.3, -0.25) is 10.1 Å². The van der Waals surface area contributed by atoms with Crippen molar-refractivity contribution in [2.75, 3.05) is 65.7 Å². The van der Waals surface area contributed by atoms with E-state index in [2.05, 4.69) is 20.3 Å². The molecule has 1 aromatic carbocycles. The number of nitrogens with zero attached hydrogens (tertiary/aromatic N) is 6. The molecule has 3 fully saturated rings. The van der Waals surface area contributed by atoms with Gasteiger partial charge in [-0.15, -0.1) is 0 Å². The lowest BCUT2D eigenvalue weighted by atomic mass is 10.3. The van der Waals surface area contributed by atoms with Crippen LogP contribution in [0.15, 0.2) is 40.0 Å². The van der Waals surface area contributed by atoms with E-state index in [1.165, 1.54) is 12.1 Å². The Balaban J connectivity index is 1.94. The normalized spacial score (nSPS) is 21.4. The predicted molar refractivity (Wildman–Crippen MR) is 126 cm³/mol. The molecule has 0 N–H and O–H groups in total. The van der Waals surface area contributed by atoms with Gasteiger partial charge in [0.15, 0.2) is 0 Å². The maximum Gasteiger partial charge on any atom is 0.269 e. The van der Waals surface area contributed by atoms with E-state index in [4.69, 9.17) is 14.2 Å². The van der Waals surface area contributed by atoms with Crippen LogP contribution >= 0.6 is 7.36 Å². The van der Waals surface area contributed by atoms with E-state index in [0.717, 1.165) is 31.6 Å². The van der Waals surface area contributed by atoms with Gasteiger partial charge in [0.1, 0.15) is 18.7 Å². The molecular weight excluding hydrogens is 443 g/mol. The van der Waals surface area contributed by atoms with Crippen molar-refractivity contribution in [2.45, 2.75) is 19.8 Å². The summed E-state index contributed by atoms with van der Waals surface area (Å²) >= 11 is 0. The van der Waals surface area contributed by atoms with Crippen LogP contribution in [-0.4, -0.2) is 84.9 Å². The summed E-state index contributed by atoms with van der Waals surface area (Å²) in [5.41, 5.74) is 1.67. The molecule has 4 rings (SSSR count). The van der Waals surface area contributed by atoms with Gasteiger partial charge < -0.3 is 14.4 Å². The van der Waals surface area contributed by atoms with Crippen molar-refractivity contribution in [1.29, 1.82) is 5.26 Å². The van der Waals surface area contributed by atoms with Crippen LogP contribution in [0, 0.1) is 21.4 Å². The molecule has 0 unspecified atom stereocenters. The zero-order chi connectivity index (χ0) is 23.3. The molecule has 3 aliphatic heterocycles. The van der Waals surface area contributed by atoms with Crippen LogP contribution in [-0.2, 0) is 9.47 Å². The molecule has 0 aliphatic carbocycles. The first kappa shape index (κ1) is 23.9. The molecule has 0 bridgehead atoms. The second-order valence-electron chi connectivity index (χ2n) is 8.31. The Morgan fingerprint density at radius 1 is 1.00 bits per heavy atom. The van der Waals surface area contributed by atoms with Gasteiger partial charge >= 0.3 is 0 Å². The number of non-ortho nitro benzene ring substituents is 1. The fraction of sp³-hybridized carbons (Fsp3) is 0.591. The summed E-state index contributed by atoms with van der Waals surface area (Å²) in [5.74, 6) is 0. The lowest BCUT2D eigenvalue weighted by Crippen LogP contribution is -2.44. The molecule has 0 atom stereocenters. The molecule has 0 spiro atoms. The van der Waals surface area contributed by atoms with Crippen molar-refractivity contribution in [3.63, 3.8) is 0 Å². The molecule has 0 radical (unpaired) electrons. The van der Waals surface area contributed by atoms with Crippen molar-refractivity contribution in [3.05, 3.63) is 45.4 Å². The smallest absolute Gasteiger partial charge is 0.269 e. The number of likely N-dealkylation sites (tertiary alicyclic amines) is 1. The van der Waals surface area contributed by atoms with E-state index in [-0.39, 0.29) is 5.69 Å². The fourth-order valence-corrected chi connectivity index (χ4v) is 8.56. The molecule has 3 saturated heterocycles. The molecule has 33 heavy (non-hydrogen) atoms. The number of allylic oxidation sites excluding steroid dienone is 2. The SMILES string of the molecule is CC(=C(C#N)P(=Nc1ccc([N+](=O)[O-])cc1)(N1CCOCC1)N1CCOCC1)N1CCCC1. The third-order valence-corrected chi connectivity index (χ3v) is 10.3. The standard InChI is InChI=1S/C22H31N6O4P/c1-19(25-8-2-3-9-25)22(18-23)33(26-10-14-31-15-11-26,27-12-16-32-17-13-27)24-20-4-6-21(7-5-20)28(29)30/h4-7H,2-3,8-17H2,1H3. The zero-order valence-corrected chi connectivity index (χ0v) is 20.0. The molecule has 3 heterocycles. The molecule has 10 nitrogen and oxygen atoms in total. The summed E-state index contributed by atoms with van der Waals surface area (Å²) in [6, 6.07) is 8.92. The summed E-state index contributed by atoms with van der Waals surface area (Å²) in [6.45, 7) is 9.01. The van der Waals surface area contributed by atoms with Crippen molar-refractivity contribution < 1.29 is 14.4 Å². The van der Waals surface area contributed by atoms with E-state index in [9.17, 15) is 15.4 Å². The van der Waals surface area contributed by atoms with Gasteiger partial charge in [-0.2, -0.15) is 5.26 Å². The molecule has 0 amide bonds. The number of nitriles is 1. The molecule has 3 aliphatic rings. The third kappa shape index (κ3) is 4.98. The van der Waals surface area contributed by atoms with Gasteiger partial charge in [0, 0.05) is 57.1 Å². The first-order valence-electron chi connectivity index (χ1n) is 11.5. The Labute approximate surface area is 194 Å². The van der Waals surface area contributed by atoms with Crippen LogP contribution in [0.4, 0.5) is 11.4 Å². The lowest BCUT2D eigenvalue weighted by molar-refractivity contribution is -0.384. The Bertz CT molecular complexity index is 950. The highest BCUT2D eigenvalue weighted by Crippen LogP contribution is 2.65. The first-order valence-corrected chi connectivity index (χ1v) is 13.1. The zero-order valence-electron chi connectivity index (χ0n) is 19.1. The summed E-state index contributed by atoms with van der Waals surface area (Å²) in [7, 11) is -2.69. The van der Waals surface area contributed by atoms with Crippen molar-refractivity contribution >= 4 is 18.7 Å². The third-order valence-electron chi connectivity index (χ3n) is 6.41. The van der Waals surface area contributed by atoms with Gasteiger partial charge in [0.2, 0.25) is 0 Å². The molecule has 11 heteroatoms. The molecule has 178 valence electrons. The Kier molecular flexibility index (Phi) is 7.78. The molecular formula is C22H31N6O4P. The van der Waals surface area contributed by atoms with Gasteiger partial charge in [0.05, 0.1) is 37.0 Å². The summed E-state index contributed by atoms with van der Waals surface area (Å²) in [4.78, 5) is 13.1. The van der Waals surface area contributed by atoms with E-state index in [0.29, 0.717) is 63.6 Å². The number of morpholine rings is 2. The summed E-state index contributed by atoms with van der Waals surface area (Å²) < 4.78 is 21.3. The van der Waals surface area contributed by atoms with E-state index < -0.39 is 12.3 Å². The van der Waals surface area contributed by atoms with Crippen LogP contribution in [0.2, 0.25) is 0 Å². The minimum atomic E-state index is -2.69. The van der Waals surface area contributed by atoms with Crippen molar-refractivity contribution in [1.82, 2.24) is 14.2 Å². The first-order chi connectivity index (χ1) is 16.1. The van der Waals surface area contributed by atoms with Crippen LogP contribution in [0.1, 0.15) is 19.8 Å². The van der Waals surface area contributed by atoms with Crippen molar-refractivity contribution in [3.8, 4) is 6.07 Å². The number of nitro groups is 1. The second-order valence-corrected chi connectivity index (χ2v) is 11.2. The van der Waals surface area contributed by atoms with Gasteiger partial charge in [-0.05, 0) is 31.9 Å². The van der Waals surface area contributed by atoms with Gasteiger partial charge in [-0.1, -0.05) is 0 Å². The number of hydrogen-bond acceptors (Lipinski definition) is 7. The molecule has 1 aromatic rings. The predicted octanol–water partition coefficient (Wildman–Crippen LogP) is 3.77. The number of rotatable bonds is 6. The highest BCUT2D eigenvalue weighted by atomic mass is 31.2. The average Bonchev–Trinajstić information content (AvgIpc) is 3.40. The number of ether oxygens (including phenoxy) is 2. The van der Waals surface area contributed by atoms with E-state index >= 15 is 0 Å². The van der Waals surface area contributed by atoms with Gasteiger partial charge in [0.25, 0.3) is 5.69 Å². The Hall–Kier alpha value is -2.28. The number of nitro benzene ring substituents is 1. The van der Waals surface area contributed by atoms with E-state index in [1.54, 1.807) is 12.1 Å². The maximum atomic E-state index is 11.2. The largest absolute Gasteiger partial charge is 0.379 e. The minimum Gasteiger partial charge on any atom is -0.379 e. The molecule has 0 saturated carbocycles. The lowest BCUT2D eigenvalue weighted by Gasteiger charge is -2.47. The topological polar surface area (TPSA) is 107 Å². The molecule has 0 aromatic heterocycles. The highest BCUT2D eigenvalue weighted by molar-refractivity contribution is 7.66. The Morgan fingerprint density at radius 3 is 1.97 bits per heavy atom. The summed E-state index contributed by atoms with van der Waals surface area (Å²) in [6.07, 6.45) is 2.24. The summed E-state index contributed by atoms with van der Waals surface area (Å²) in [5, 5.41) is 22.5. The van der Waals surface area contributed by atoms with E-state index in [1.807, 2.05) is 6.92 Å². The minimum absolute atomic E-state index is 0.0277. The quantitative estimate of drug-likeness (QED) is 0.265. The monoisotopic (exact) mass is 474 g/mol. The van der Waals surface area contributed by atoms with Crippen LogP contribution in [0.3, 0.4) is 0 Å². The average molecular weight is 475 g/mol. The fourth-order valence-electron chi connectivity index (χ4n) is 4.67. The van der Waals surface area contributed by atoms with Gasteiger partial charge in [-0.25, -0.2) is 14.1 Å². The van der Waals surface area contributed by atoms with Crippen LogP contribution in [0.5, 0.6) is 0 Å². The highest BCUT2D eigenvalue weighted by Gasteiger charge is 2.42. The van der Waals surface area contributed by atoms with Crippen LogP contribution < -0.4 is 0 Å².